The van der Waals surface area contributed by atoms with Gasteiger partial charge in [-0.1, -0.05) is 30.3 Å². The summed E-state index contributed by atoms with van der Waals surface area (Å²) >= 11 is 0. The van der Waals surface area contributed by atoms with Crippen molar-refractivity contribution in [1.82, 2.24) is 4.90 Å². The number of aliphatic hydroxyl groups excluding tert-OH is 1. The van der Waals surface area contributed by atoms with Crippen LogP contribution in [0.5, 0.6) is 0 Å². The van der Waals surface area contributed by atoms with Crippen molar-refractivity contribution in [2.45, 2.75) is 19.1 Å². The molecule has 4 heteroatoms. The molecular weight excluding hydrogens is 230 g/mol. The number of rotatable bonds is 5. The lowest BCUT2D eigenvalue weighted by Gasteiger charge is -2.41. The van der Waals surface area contributed by atoms with Crippen molar-refractivity contribution >= 4 is 5.97 Å². The van der Waals surface area contributed by atoms with Crippen LogP contribution in [-0.2, 0) is 16.1 Å². The van der Waals surface area contributed by atoms with Crippen LogP contribution in [0.3, 0.4) is 0 Å². The van der Waals surface area contributed by atoms with Gasteiger partial charge < -0.3 is 9.84 Å². The molecular formula is C14H19NO3. The SMILES string of the molecule is COC(=O)CC(O)C1CN(Cc2ccccc2)C1. The lowest BCUT2D eigenvalue weighted by Crippen LogP contribution is -2.51. The number of methoxy groups -OCH3 is 1. The van der Waals surface area contributed by atoms with Crippen molar-refractivity contribution in [3.63, 3.8) is 0 Å². The Kier molecular flexibility index (Phi) is 4.33. The Labute approximate surface area is 107 Å². The second-order valence-electron chi connectivity index (χ2n) is 4.79. The smallest absolute Gasteiger partial charge is 0.308 e. The van der Waals surface area contributed by atoms with Crippen LogP contribution in [0.2, 0.25) is 0 Å². The van der Waals surface area contributed by atoms with E-state index >= 15 is 0 Å². The fraction of sp³-hybridized carbons (Fsp3) is 0.500. The van der Waals surface area contributed by atoms with Gasteiger partial charge in [0.05, 0.1) is 19.6 Å². The average molecular weight is 249 g/mol. The predicted octanol–water partition coefficient (Wildman–Crippen LogP) is 1.04. The Balaban J connectivity index is 1.72. The molecule has 0 amide bonds. The van der Waals surface area contributed by atoms with E-state index in [1.807, 2.05) is 18.2 Å². The van der Waals surface area contributed by atoms with Crippen molar-refractivity contribution < 1.29 is 14.6 Å². The minimum Gasteiger partial charge on any atom is -0.469 e. The predicted molar refractivity (Wildman–Crippen MR) is 67.8 cm³/mol. The first-order valence-electron chi connectivity index (χ1n) is 6.20. The Morgan fingerprint density at radius 3 is 2.72 bits per heavy atom. The van der Waals surface area contributed by atoms with Crippen LogP contribution in [-0.4, -0.2) is 42.3 Å². The van der Waals surface area contributed by atoms with Crippen molar-refractivity contribution in [3.8, 4) is 0 Å². The highest BCUT2D eigenvalue weighted by molar-refractivity contribution is 5.69. The zero-order valence-corrected chi connectivity index (χ0v) is 10.6. The van der Waals surface area contributed by atoms with E-state index in [2.05, 4.69) is 21.8 Å². The zero-order valence-electron chi connectivity index (χ0n) is 10.6. The molecule has 1 aromatic rings. The minimum absolute atomic E-state index is 0.0976. The molecule has 0 aromatic heterocycles. The molecule has 1 atom stereocenters. The molecule has 98 valence electrons. The number of benzene rings is 1. The van der Waals surface area contributed by atoms with Crippen LogP contribution in [0.25, 0.3) is 0 Å². The van der Waals surface area contributed by atoms with Gasteiger partial charge >= 0.3 is 5.97 Å². The maximum absolute atomic E-state index is 11.0. The zero-order chi connectivity index (χ0) is 13.0. The lowest BCUT2D eigenvalue weighted by atomic mass is 9.91. The van der Waals surface area contributed by atoms with Crippen LogP contribution < -0.4 is 0 Å². The maximum atomic E-state index is 11.0. The van der Waals surface area contributed by atoms with Crippen molar-refractivity contribution in [3.05, 3.63) is 35.9 Å². The van der Waals surface area contributed by atoms with Crippen molar-refractivity contribution in [2.75, 3.05) is 20.2 Å². The average Bonchev–Trinajstić information content (AvgIpc) is 2.34. The monoisotopic (exact) mass is 249 g/mol. The second-order valence-corrected chi connectivity index (χ2v) is 4.79. The summed E-state index contributed by atoms with van der Waals surface area (Å²) in [6.45, 7) is 2.59. The third-order valence-electron chi connectivity index (χ3n) is 3.38. The molecule has 1 aliphatic rings. The maximum Gasteiger partial charge on any atom is 0.308 e. The van der Waals surface area contributed by atoms with Gasteiger partial charge in [-0.2, -0.15) is 0 Å². The molecule has 1 unspecified atom stereocenters. The molecule has 2 rings (SSSR count). The summed E-state index contributed by atoms with van der Waals surface area (Å²) in [5.74, 6) is -0.156. The number of esters is 1. The number of ether oxygens (including phenoxy) is 1. The highest BCUT2D eigenvalue weighted by Crippen LogP contribution is 2.23. The van der Waals surface area contributed by atoms with Crippen LogP contribution >= 0.6 is 0 Å². The molecule has 1 fully saturated rings. The van der Waals surface area contributed by atoms with E-state index in [9.17, 15) is 9.90 Å². The van der Waals surface area contributed by atoms with Crippen LogP contribution in [0.15, 0.2) is 30.3 Å². The van der Waals surface area contributed by atoms with Gasteiger partial charge in [0.1, 0.15) is 0 Å². The second kappa shape index (κ2) is 5.98. The number of hydrogen-bond acceptors (Lipinski definition) is 4. The molecule has 1 heterocycles. The Morgan fingerprint density at radius 1 is 1.44 bits per heavy atom. The summed E-state index contributed by atoms with van der Waals surface area (Å²) in [6, 6.07) is 10.2. The normalized spacial score (nSPS) is 18.1. The number of carbonyl (C=O) groups is 1. The topological polar surface area (TPSA) is 49.8 Å². The van der Waals surface area contributed by atoms with Gasteiger partial charge in [0, 0.05) is 25.6 Å². The number of hydrogen-bond donors (Lipinski definition) is 1. The molecule has 18 heavy (non-hydrogen) atoms. The summed E-state index contributed by atoms with van der Waals surface area (Å²) in [5.41, 5.74) is 1.28. The summed E-state index contributed by atoms with van der Waals surface area (Å²) in [4.78, 5) is 13.3. The molecule has 1 aromatic carbocycles. The molecule has 1 aliphatic heterocycles. The molecule has 0 bridgehead atoms. The number of aliphatic hydroxyl groups is 1. The largest absolute Gasteiger partial charge is 0.469 e. The van der Waals surface area contributed by atoms with E-state index < -0.39 is 6.10 Å². The van der Waals surface area contributed by atoms with Gasteiger partial charge in [0.15, 0.2) is 0 Å². The summed E-state index contributed by atoms with van der Waals surface area (Å²) in [6.07, 6.45) is -0.482. The first-order chi connectivity index (χ1) is 8.69. The van der Waals surface area contributed by atoms with Gasteiger partial charge in [0.25, 0.3) is 0 Å². The summed E-state index contributed by atoms with van der Waals surface area (Å²) < 4.78 is 4.55. The van der Waals surface area contributed by atoms with Gasteiger partial charge in [-0.15, -0.1) is 0 Å². The van der Waals surface area contributed by atoms with E-state index in [-0.39, 0.29) is 18.3 Å². The lowest BCUT2D eigenvalue weighted by molar-refractivity contribution is -0.144. The molecule has 0 saturated carbocycles. The molecule has 1 saturated heterocycles. The highest BCUT2D eigenvalue weighted by atomic mass is 16.5. The highest BCUT2D eigenvalue weighted by Gasteiger charge is 2.33. The van der Waals surface area contributed by atoms with Gasteiger partial charge in [-0.05, 0) is 5.56 Å². The fourth-order valence-electron chi connectivity index (χ4n) is 2.24. The van der Waals surface area contributed by atoms with Crippen LogP contribution in [0.4, 0.5) is 0 Å². The standard InChI is InChI=1S/C14H19NO3/c1-18-14(17)7-13(16)12-9-15(10-12)8-11-5-3-2-4-6-11/h2-6,12-13,16H,7-10H2,1H3. The molecule has 0 radical (unpaired) electrons. The van der Waals surface area contributed by atoms with E-state index in [0.29, 0.717) is 0 Å². The third-order valence-corrected chi connectivity index (χ3v) is 3.38. The minimum atomic E-state index is -0.579. The van der Waals surface area contributed by atoms with Gasteiger partial charge in [-0.25, -0.2) is 0 Å². The quantitative estimate of drug-likeness (QED) is 0.792. The first kappa shape index (κ1) is 13.1. The molecule has 4 nitrogen and oxygen atoms in total. The van der Waals surface area contributed by atoms with Crippen molar-refractivity contribution in [2.24, 2.45) is 5.92 Å². The summed E-state index contributed by atoms with van der Waals surface area (Å²) in [7, 11) is 1.34. The Hall–Kier alpha value is -1.39. The van der Waals surface area contributed by atoms with Crippen LogP contribution in [0, 0.1) is 5.92 Å². The Morgan fingerprint density at radius 2 is 2.11 bits per heavy atom. The van der Waals surface area contributed by atoms with Gasteiger partial charge in [0.2, 0.25) is 0 Å². The van der Waals surface area contributed by atoms with E-state index in [0.717, 1.165) is 19.6 Å². The first-order valence-corrected chi connectivity index (χ1v) is 6.20. The molecule has 0 spiro atoms. The number of nitrogens with zero attached hydrogens (tertiary/aromatic N) is 1. The molecule has 1 N–H and O–H groups in total. The number of carbonyl (C=O) groups excluding carboxylic acids is 1. The fourth-order valence-corrected chi connectivity index (χ4v) is 2.24. The summed E-state index contributed by atoms with van der Waals surface area (Å²) in [5, 5.41) is 9.83. The molecule has 0 aliphatic carbocycles. The van der Waals surface area contributed by atoms with Crippen molar-refractivity contribution in [1.29, 1.82) is 0 Å². The van der Waals surface area contributed by atoms with Crippen LogP contribution in [0.1, 0.15) is 12.0 Å². The number of likely N-dealkylation sites (tertiary alicyclic amines) is 1. The van der Waals surface area contributed by atoms with Gasteiger partial charge in [-0.3, -0.25) is 9.69 Å². The van der Waals surface area contributed by atoms with E-state index in [1.54, 1.807) is 0 Å². The van der Waals surface area contributed by atoms with E-state index in [1.165, 1.54) is 12.7 Å². The van der Waals surface area contributed by atoms with E-state index in [4.69, 9.17) is 0 Å². The Bertz CT molecular complexity index is 387. The third kappa shape index (κ3) is 3.31.